The van der Waals surface area contributed by atoms with Crippen LogP contribution in [0.2, 0.25) is 0 Å². The van der Waals surface area contributed by atoms with Gasteiger partial charge in [0.1, 0.15) is 0 Å². The number of hydrogen-bond donors (Lipinski definition) is 0. The summed E-state index contributed by atoms with van der Waals surface area (Å²) < 4.78 is 300. The molecule has 5 rings (SSSR count). The highest BCUT2D eigenvalue weighted by Gasteiger charge is 2.42. The van der Waals surface area contributed by atoms with Crippen molar-refractivity contribution in [3.05, 3.63) is 135 Å². The summed E-state index contributed by atoms with van der Waals surface area (Å²) in [4.78, 5) is 0. The Labute approximate surface area is 278 Å². The van der Waals surface area contributed by atoms with Crippen LogP contribution in [0.15, 0.2) is 18.2 Å². The zero-order valence-corrected chi connectivity index (χ0v) is 24.2. The third kappa shape index (κ3) is 5.90. The van der Waals surface area contributed by atoms with Crippen LogP contribution in [-0.4, -0.2) is 7.12 Å². The van der Waals surface area contributed by atoms with E-state index in [1.807, 2.05) is 0 Å². The second-order valence-corrected chi connectivity index (χ2v) is 10.0. The zero-order valence-electron chi connectivity index (χ0n) is 24.2. The predicted molar refractivity (Wildman–Crippen MR) is 136 cm³/mol. The van der Waals surface area contributed by atoms with E-state index in [1.165, 1.54) is 0 Å². The normalized spacial score (nSPS) is 11.4. The van der Waals surface area contributed by atoms with Crippen molar-refractivity contribution in [1.29, 1.82) is 0 Å². The van der Waals surface area contributed by atoms with Crippen LogP contribution < -0.4 is 14.8 Å². The molecule has 5 aromatic rings. The van der Waals surface area contributed by atoms with E-state index in [0.717, 1.165) is 0 Å². The molecule has 278 valence electrons. The van der Waals surface area contributed by atoms with E-state index < -0.39 is 163 Å². The highest BCUT2D eigenvalue weighted by Crippen LogP contribution is 2.45. The molecule has 0 unspecified atom stereocenters. The van der Waals surface area contributed by atoms with Crippen LogP contribution in [0.3, 0.4) is 0 Å². The van der Waals surface area contributed by atoms with E-state index >= 15 is 22.0 Å². The summed E-state index contributed by atoms with van der Waals surface area (Å²) in [6, 6.07) is 0.779. The zero-order chi connectivity index (χ0) is 39.7. The van der Waals surface area contributed by atoms with Gasteiger partial charge in [-0.25, -0.2) is 79.0 Å². The Morgan fingerprint density at radius 3 is 0.868 bits per heavy atom. The average Bonchev–Trinajstić information content (AvgIpc) is 3.13. The molecule has 0 aromatic heterocycles. The molecule has 0 heterocycles. The van der Waals surface area contributed by atoms with Gasteiger partial charge in [-0.05, 0) is 6.07 Å². The van der Waals surface area contributed by atoms with Crippen LogP contribution in [-0.2, 0) is 0 Å². The largest absolute Gasteiger partial charge is 0.635 e. The summed E-state index contributed by atoms with van der Waals surface area (Å²) in [7, 11) is -3.72. The van der Waals surface area contributed by atoms with Crippen molar-refractivity contribution in [2.75, 3.05) is 0 Å². The maximum Gasteiger partial charge on any atom is 0.635 e. The summed E-state index contributed by atoms with van der Waals surface area (Å²) in [5, 5.41) is 0. The summed E-state index contributed by atoms with van der Waals surface area (Å²) in [6.07, 6.45) is 0. The van der Waals surface area contributed by atoms with Crippen LogP contribution >= 0.6 is 0 Å². The Balaban J connectivity index is 1.90. The molecule has 0 aliphatic heterocycles. The number of halogens is 20. The maximum atomic E-state index is 15.3. The minimum absolute atomic E-state index is 0.168. The van der Waals surface area contributed by atoms with Crippen molar-refractivity contribution in [3.8, 4) is 33.8 Å². The van der Waals surface area contributed by atoms with E-state index in [9.17, 15) is 65.9 Å². The Kier molecular flexibility index (Phi) is 10.00. The van der Waals surface area contributed by atoms with Gasteiger partial charge in [0, 0.05) is 0 Å². The van der Waals surface area contributed by atoms with Gasteiger partial charge in [-0.2, -0.15) is 8.78 Å². The van der Waals surface area contributed by atoms with Crippen LogP contribution in [0, 0.1) is 116 Å². The van der Waals surface area contributed by atoms with Gasteiger partial charge in [0.15, 0.2) is 92.9 Å². The summed E-state index contributed by atoms with van der Waals surface area (Å²) >= 11 is 0. The van der Waals surface area contributed by atoms with Gasteiger partial charge in [0.25, 0.3) is 0 Å². The number of benzene rings is 5. The summed E-state index contributed by atoms with van der Waals surface area (Å²) in [5.74, 6) is -64.9. The van der Waals surface area contributed by atoms with Gasteiger partial charge >= 0.3 is 7.12 Å². The highest BCUT2D eigenvalue weighted by molar-refractivity contribution is 6.63. The fourth-order valence-electron chi connectivity index (χ4n) is 4.61. The molecule has 2 nitrogen and oxygen atoms in total. The van der Waals surface area contributed by atoms with Crippen molar-refractivity contribution in [2.24, 2.45) is 0 Å². The molecule has 0 atom stereocenters. The van der Waals surface area contributed by atoms with Crippen molar-refractivity contribution in [1.82, 2.24) is 0 Å². The van der Waals surface area contributed by atoms with Crippen molar-refractivity contribution < 1.29 is 97.1 Å². The second kappa shape index (κ2) is 13.7. The van der Waals surface area contributed by atoms with Gasteiger partial charge in [0.05, 0.1) is 27.7 Å². The topological polar surface area (TPSA) is 18.5 Å². The molecule has 23 heteroatoms. The third-order valence-electron chi connectivity index (χ3n) is 7.05. The van der Waals surface area contributed by atoms with Crippen molar-refractivity contribution in [3.63, 3.8) is 0 Å². The first kappa shape index (κ1) is 38.6. The van der Waals surface area contributed by atoms with E-state index in [1.54, 1.807) is 0 Å². The Hall–Kier alpha value is -5.64. The Morgan fingerprint density at radius 2 is 0.547 bits per heavy atom. The minimum Gasteiger partial charge on any atom is -0.519 e. The second-order valence-electron chi connectivity index (χ2n) is 10.0. The molecule has 0 saturated heterocycles. The number of hydrogen-bond acceptors (Lipinski definition) is 2. The molecule has 0 aliphatic carbocycles. The first-order chi connectivity index (χ1) is 24.7. The first-order valence-corrected chi connectivity index (χ1v) is 13.2. The van der Waals surface area contributed by atoms with Gasteiger partial charge in [-0.3, -0.25) is 0 Å². The molecule has 0 bridgehead atoms. The monoisotopic (exact) mass is 786 g/mol. The van der Waals surface area contributed by atoms with Gasteiger partial charge in [-0.15, -0.1) is 0 Å². The lowest BCUT2D eigenvalue weighted by Crippen LogP contribution is -2.45. The van der Waals surface area contributed by atoms with E-state index in [0.29, 0.717) is 6.07 Å². The first-order valence-electron chi connectivity index (χ1n) is 13.2. The van der Waals surface area contributed by atoms with Crippen LogP contribution in [0.4, 0.5) is 87.8 Å². The molecule has 0 amide bonds. The van der Waals surface area contributed by atoms with E-state index in [-0.39, 0.29) is 12.1 Å². The molecular weight excluding hydrogens is 783 g/mol. The fraction of sp³-hybridized carbons (Fsp3) is 0. The fourth-order valence-corrected chi connectivity index (χ4v) is 4.61. The minimum atomic E-state index is -3.72. The molecular formula is C30H3BF20O2. The summed E-state index contributed by atoms with van der Waals surface area (Å²) in [6.45, 7) is 0. The smallest absolute Gasteiger partial charge is 0.519 e. The molecule has 0 radical (unpaired) electrons. The van der Waals surface area contributed by atoms with E-state index in [4.69, 9.17) is 0 Å². The van der Waals surface area contributed by atoms with E-state index in [2.05, 4.69) is 9.31 Å². The summed E-state index contributed by atoms with van der Waals surface area (Å²) in [5.41, 5.74) is -12.5. The molecule has 0 fully saturated rings. The Bertz CT molecular complexity index is 2190. The number of rotatable bonds is 7. The molecule has 0 N–H and O–H groups in total. The van der Waals surface area contributed by atoms with Crippen molar-refractivity contribution >= 4 is 12.6 Å². The van der Waals surface area contributed by atoms with Crippen LogP contribution in [0.1, 0.15) is 0 Å². The molecule has 5 aromatic carbocycles. The van der Waals surface area contributed by atoms with Gasteiger partial charge in [0.2, 0.25) is 34.9 Å². The standard InChI is InChI=1S/C30H3BF20O2/c32-5-3-1-2-4(10(5)33)31(52-29-8(15(38)21(44)25(48)27(29)50)6-11(34)17(40)23(46)18(41)12(6)35)53-30-9(16(39)22(45)26(49)28(30)51)7-13(36)19(42)24(47)20(43)14(7)37/h1-3H. The van der Waals surface area contributed by atoms with Gasteiger partial charge in [-0.1, -0.05) is 12.1 Å². The van der Waals surface area contributed by atoms with Crippen LogP contribution in [0.5, 0.6) is 11.5 Å². The maximum absolute atomic E-state index is 15.3. The molecule has 53 heavy (non-hydrogen) atoms. The molecule has 0 saturated carbocycles. The average molecular weight is 786 g/mol. The predicted octanol–water partition coefficient (Wildman–Crippen LogP) is 9.66. The van der Waals surface area contributed by atoms with Crippen molar-refractivity contribution in [2.45, 2.75) is 0 Å². The lowest BCUT2D eigenvalue weighted by Gasteiger charge is -2.23. The molecule has 0 spiro atoms. The third-order valence-corrected chi connectivity index (χ3v) is 7.05. The van der Waals surface area contributed by atoms with Gasteiger partial charge < -0.3 is 9.31 Å². The quantitative estimate of drug-likeness (QED) is 0.0709. The SMILES string of the molecule is Fc1cccc(B(Oc2c(F)c(F)c(F)c(F)c2-c2c(F)c(F)c(F)c(F)c2F)Oc2c(F)c(F)c(F)c(F)c2-c2c(F)c(F)c(F)c(F)c2F)c1F. The lowest BCUT2D eigenvalue weighted by atomic mass is 9.77. The highest BCUT2D eigenvalue weighted by atomic mass is 19.2. The molecule has 0 aliphatic rings. The Morgan fingerprint density at radius 1 is 0.283 bits per heavy atom. The van der Waals surface area contributed by atoms with Crippen LogP contribution in [0.25, 0.3) is 22.3 Å². The lowest BCUT2D eigenvalue weighted by molar-refractivity contribution is 0.352.